The monoisotopic (exact) mass is 435 g/mol. The number of anilines is 2. The van der Waals surface area contributed by atoms with E-state index in [0.717, 1.165) is 11.1 Å². The maximum atomic E-state index is 12.9. The number of rotatable bonds is 4. The third kappa shape index (κ3) is 4.41. The van der Waals surface area contributed by atoms with Crippen molar-refractivity contribution in [2.24, 2.45) is 0 Å². The average Bonchev–Trinajstić information content (AvgIpc) is 2.99. The third-order valence-corrected chi connectivity index (χ3v) is 5.38. The number of para-hydroxylation sites is 2. The Morgan fingerprint density at radius 3 is 2.09 bits per heavy atom. The second-order valence-electron chi connectivity index (χ2n) is 7.62. The zero-order valence-corrected chi connectivity index (χ0v) is 17.6. The fourth-order valence-electron chi connectivity index (χ4n) is 3.79. The fraction of sp³-hybridized carbons (Fsp3) is 0.0370. The largest absolute Gasteiger partial charge is 0.454 e. The Morgan fingerprint density at radius 1 is 0.758 bits per heavy atom. The first-order valence-electron chi connectivity index (χ1n) is 10.6. The van der Waals surface area contributed by atoms with E-state index in [1.54, 1.807) is 30.3 Å². The highest BCUT2D eigenvalue weighted by Crippen LogP contribution is 2.36. The van der Waals surface area contributed by atoms with Gasteiger partial charge in [-0.3, -0.25) is 4.79 Å². The Bertz CT molecular complexity index is 1270. The first-order chi connectivity index (χ1) is 16.2. The molecule has 5 rings (SSSR count). The van der Waals surface area contributed by atoms with E-state index in [0.29, 0.717) is 28.4 Å². The van der Waals surface area contributed by atoms with Gasteiger partial charge in [-0.15, -0.1) is 0 Å². The second-order valence-corrected chi connectivity index (χ2v) is 7.62. The van der Waals surface area contributed by atoms with Crippen LogP contribution in [0.15, 0.2) is 103 Å². The third-order valence-electron chi connectivity index (χ3n) is 5.38. The lowest BCUT2D eigenvalue weighted by molar-refractivity contribution is 0.102. The molecular formula is C27H21N3O3. The minimum Gasteiger partial charge on any atom is -0.454 e. The molecule has 0 unspecified atom stereocenters. The van der Waals surface area contributed by atoms with Gasteiger partial charge in [0.2, 0.25) is 0 Å². The van der Waals surface area contributed by atoms with E-state index in [4.69, 9.17) is 4.74 Å². The minimum absolute atomic E-state index is 0.301. The van der Waals surface area contributed by atoms with Gasteiger partial charge in [-0.1, -0.05) is 72.8 Å². The van der Waals surface area contributed by atoms with Crippen LogP contribution in [0, 0.1) is 0 Å². The number of hydrogen-bond acceptors (Lipinski definition) is 3. The van der Waals surface area contributed by atoms with Gasteiger partial charge in [0, 0.05) is 5.69 Å². The van der Waals surface area contributed by atoms with Crippen LogP contribution >= 0.6 is 0 Å². The van der Waals surface area contributed by atoms with Gasteiger partial charge in [0.15, 0.2) is 5.75 Å². The molecule has 6 nitrogen and oxygen atoms in total. The van der Waals surface area contributed by atoms with Crippen molar-refractivity contribution in [3.8, 4) is 11.5 Å². The predicted molar refractivity (Wildman–Crippen MR) is 128 cm³/mol. The van der Waals surface area contributed by atoms with Crippen molar-refractivity contribution in [1.29, 1.82) is 0 Å². The summed E-state index contributed by atoms with van der Waals surface area (Å²) in [6.45, 7) is 0. The fourth-order valence-corrected chi connectivity index (χ4v) is 3.79. The number of urea groups is 1. The van der Waals surface area contributed by atoms with Crippen LogP contribution in [0.3, 0.4) is 0 Å². The Hall–Kier alpha value is -4.58. The van der Waals surface area contributed by atoms with Gasteiger partial charge < -0.3 is 20.7 Å². The molecule has 162 valence electrons. The molecule has 0 fully saturated rings. The Labute approximate surface area is 191 Å². The van der Waals surface area contributed by atoms with Gasteiger partial charge in [-0.25, -0.2) is 4.79 Å². The SMILES string of the molecule is O=C(Nc1ccc2c(c1)C(=O)Nc1ccccc1O2)NC(c1ccccc1)c1ccccc1. The lowest BCUT2D eigenvalue weighted by Crippen LogP contribution is -2.33. The van der Waals surface area contributed by atoms with Crippen LogP contribution in [0.1, 0.15) is 27.5 Å². The van der Waals surface area contributed by atoms with E-state index in [9.17, 15) is 9.59 Å². The molecule has 0 spiro atoms. The highest BCUT2D eigenvalue weighted by molar-refractivity contribution is 6.09. The summed E-state index contributed by atoms with van der Waals surface area (Å²) in [7, 11) is 0. The normalized spacial score (nSPS) is 12.0. The van der Waals surface area contributed by atoms with Gasteiger partial charge in [-0.05, 0) is 41.5 Å². The number of carbonyl (C=O) groups excluding carboxylic acids is 2. The summed E-state index contributed by atoms with van der Waals surface area (Å²) < 4.78 is 5.90. The summed E-state index contributed by atoms with van der Waals surface area (Å²) in [5.74, 6) is 0.692. The highest BCUT2D eigenvalue weighted by Gasteiger charge is 2.22. The number of nitrogens with one attached hydrogen (secondary N) is 3. The van der Waals surface area contributed by atoms with Crippen molar-refractivity contribution < 1.29 is 14.3 Å². The average molecular weight is 435 g/mol. The van der Waals surface area contributed by atoms with E-state index < -0.39 is 0 Å². The first kappa shape index (κ1) is 20.3. The number of hydrogen-bond donors (Lipinski definition) is 3. The molecule has 0 saturated heterocycles. The molecule has 3 amide bonds. The molecule has 0 radical (unpaired) electrons. The molecule has 1 aliphatic rings. The minimum atomic E-state index is -0.383. The zero-order valence-electron chi connectivity index (χ0n) is 17.6. The van der Waals surface area contributed by atoms with Crippen LogP contribution in [0.5, 0.6) is 11.5 Å². The lowest BCUT2D eigenvalue weighted by Gasteiger charge is -2.20. The molecule has 4 aromatic carbocycles. The lowest BCUT2D eigenvalue weighted by atomic mass is 9.99. The quantitative estimate of drug-likeness (QED) is 0.370. The summed E-state index contributed by atoms with van der Waals surface area (Å²) >= 11 is 0. The van der Waals surface area contributed by atoms with Crippen LogP contribution in [-0.4, -0.2) is 11.9 Å². The molecule has 33 heavy (non-hydrogen) atoms. The van der Waals surface area contributed by atoms with Gasteiger partial charge in [0.25, 0.3) is 5.91 Å². The van der Waals surface area contributed by atoms with Crippen LogP contribution < -0.4 is 20.7 Å². The van der Waals surface area contributed by atoms with Crippen molar-refractivity contribution in [2.45, 2.75) is 6.04 Å². The Morgan fingerprint density at radius 2 is 1.39 bits per heavy atom. The molecule has 0 aliphatic carbocycles. The number of ether oxygens (including phenoxy) is 1. The van der Waals surface area contributed by atoms with Crippen molar-refractivity contribution in [1.82, 2.24) is 5.32 Å². The predicted octanol–water partition coefficient (Wildman–Crippen LogP) is 5.96. The van der Waals surface area contributed by atoms with Crippen molar-refractivity contribution in [2.75, 3.05) is 10.6 Å². The van der Waals surface area contributed by atoms with Crippen LogP contribution in [-0.2, 0) is 0 Å². The molecule has 3 N–H and O–H groups in total. The number of amides is 3. The molecule has 1 heterocycles. The van der Waals surface area contributed by atoms with Crippen molar-refractivity contribution in [3.63, 3.8) is 0 Å². The summed E-state index contributed by atoms with van der Waals surface area (Å²) in [5.41, 5.74) is 3.35. The molecular weight excluding hydrogens is 414 g/mol. The number of fused-ring (bicyclic) bond motifs is 2. The summed E-state index contributed by atoms with van der Waals surface area (Å²) in [5, 5.41) is 8.71. The zero-order chi connectivity index (χ0) is 22.6. The van der Waals surface area contributed by atoms with Gasteiger partial charge >= 0.3 is 6.03 Å². The number of carbonyl (C=O) groups is 2. The van der Waals surface area contributed by atoms with Gasteiger partial charge in [0.1, 0.15) is 5.75 Å². The molecule has 6 heteroatoms. The topological polar surface area (TPSA) is 79.5 Å². The molecule has 0 saturated carbocycles. The first-order valence-corrected chi connectivity index (χ1v) is 10.6. The van der Waals surface area contributed by atoms with Crippen molar-refractivity contribution in [3.05, 3.63) is 120 Å². The Balaban J connectivity index is 1.37. The van der Waals surface area contributed by atoms with Crippen molar-refractivity contribution >= 4 is 23.3 Å². The summed E-state index contributed by atoms with van der Waals surface area (Å²) in [6.07, 6.45) is 0. The Kier molecular flexibility index (Phi) is 5.47. The number of benzene rings is 4. The van der Waals surface area contributed by atoms with Gasteiger partial charge in [0.05, 0.1) is 17.3 Å². The summed E-state index contributed by atoms with van der Waals surface area (Å²) in [6, 6.07) is 31.0. The smallest absolute Gasteiger partial charge is 0.319 e. The second kappa shape index (κ2) is 8.88. The molecule has 0 aromatic heterocycles. The van der Waals surface area contributed by atoms with Crippen LogP contribution in [0.25, 0.3) is 0 Å². The van der Waals surface area contributed by atoms with E-state index in [1.165, 1.54) is 0 Å². The van der Waals surface area contributed by atoms with E-state index in [1.807, 2.05) is 72.8 Å². The maximum absolute atomic E-state index is 12.9. The maximum Gasteiger partial charge on any atom is 0.319 e. The standard InChI is InChI=1S/C27H21N3O3/c31-26-21-17-20(15-16-23(21)33-24-14-8-7-13-22(24)29-26)28-27(32)30-25(18-9-3-1-4-10-18)19-11-5-2-6-12-19/h1-17,25H,(H,29,31)(H2,28,30,32). The summed E-state index contributed by atoms with van der Waals surface area (Å²) in [4.78, 5) is 25.6. The molecule has 1 aliphatic heterocycles. The van der Waals surface area contributed by atoms with Crippen LogP contribution in [0.2, 0.25) is 0 Å². The van der Waals surface area contributed by atoms with E-state index in [-0.39, 0.29) is 18.0 Å². The highest BCUT2D eigenvalue weighted by atomic mass is 16.5. The molecule has 0 bridgehead atoms. The van der Waals surface area contributed by atoms with E-state index >= 15 is 0 Å². The molecule has 4 aromatic rings. The van der Waals surface area contributed by atoms with Gasteiger partial charge in [-0.2, -0.15) is 0 Å². The molecule has 0 atom stereocenters. The van der Waals surface area contributed by atoms with E-state index in [2.05, 4.69) is 16.0 Å². The van der Waals surface area contributed by atoms with Crippen LogP contribution in [0.4, 0.5) is 16.2 Å².